The summed E-state index contributed by atoms with van der Waals surface area (Å²) in [5.74, 6) is 0.356. The summed E-state index contributed by atoms with van der Waals surface area (Å²) in [7, 11) is 0. The Morgan fingerprint density at radius 1 is 1.39 bits per heavy atom. The normalized spacial score (nSPS) is 24.3. The van der Waals surface area contributed by atoms with Crippen LogP contribution in [0.4, 0.5) is 0 Å². The van der Waals surface area contributed by atoms with E-state index < -0.39 is 0 Å². The summed E-state index contributed by atoms with van der Waals surface area (Å²) in [5.41, 5.74) is -0.246. The van der Waals surface area contributed by atoms with Gasteiger partial charge in [-0.25, -0.2) is 15.0 Å². The van der Waals surface area contributed by atoms with E-state index in [1.165, 1.54) is 11.3 Å². The predicted octanol–water partition coefficient (Wildman–Crippen LogP) is 2.27. The highest BCUT2D eigenvalue weighted by atomic mass is 32.1. The van der Waals surface area contributed by atoms with E-state index >= 15 is 0 Å². The van der Waals surface area contributed by atoms with Gasteiger partial charge >= 0.3 is 0 Å². The highest BCUT2D eigenvalue weighted by Crippen LogP contribution is 2.35. The molecule has 0 saturated heterocycles. The Kier molecular flexibility index (Phi) is 4.68. The fraction of sp³-hybridized carbons (Fsp3) is 0.500. The molecule has 6 nitrogen and oxygen atoms in total. The number of nitrogens with zero attached hydrogens (tertiary/aromatic N) is 3. The molecule has 122 valence electrons. The molecule has 1 aliphatic rings. The maximum absolute atomic E-state index is 12.3. The molecule has 1 aliphatic carbocycles. The van der Waals surface area contributed by atoms with Gasteiger partial charge in [0, 0.05) is 24.4 Å². The van der Waals surface area contributed by atoms with Gasteiger partial charge < -0.3 is 10.4 Å². The van der Waals surface area contributed by atoms with E-state index in [0.29, 0.717) is 22.3 Å². The maximum Gasteiger partial charge on any atom is 0.263 e. The SMILES string of the molecule is C[C@@]1(CNC(=O)c2cnc(-c3ncccn3)s2)CCCC[C@H]1O. The van der Waals surface area contributed by atoms with Crippen molar-refractivity contribution in [3.8, 4) is 10.8 Å². The quantitative estimate of drug-likeness (QED) is 0.897. The number of hydrogen-bond acceptors (Lipinski definition) is 6. The van der Waals surface area contributed by atoms with E-state index in [-0.39, 0.29) is 17.4 Å². The van der Waals surface area contributed by atoms with Crippen LogP contribution in [0.15, 0.2) is 24.7 Å². The molecular weight excluding hydrogens is 312 g/mol. The lowest BCUT2D eigenvalue weighted by Gasteiger charge is -2.38. The number of aliphatic hydroxyl groups is 1. The summed E-state index contributed by atoms with van der Waals surface area (Å²) in [6.45, 7) is 2.51. The fourth-order valence-corrected chi connectivity index (χ4v) is 3.63. The smallest absolute Gasteiger partial charge is 0.263 e. The van der Waals surface area contributed by atoms with Crippen molar-refractivity contribution in [2.75, 3.05) is 6.54 Å². The lowest BCUT2D eigenvalue weighted by atomic mass is 9.73. The van der Waals surface area contributed by atoms with Gasteiger partial charge in [0.05, 0.1) is 12.3 Å². The molecule has 23 heavy (non-hydrogen) atoms. The molecule has 2 aromatic rings. The van der Waals surface area contributed by atoms with Crippen LogP contribution >= 0.6 is 11.3 Å². The monoisotopic (exact) mass is 332 g/mol. The number of carbonyl (C=O) groups is 1. The van der Waals surface area contributed by atoms with Crippen molar-refractivity contribution in [3.63, 3.8) is 0 Å². The number of amides is 1. The van der Waals surface area contributed by atoms with E-state index in [0.717, 1.165) is 25.7 Å². The molecule has 2 aromatic heterocycles. The molecule has 2 atom stereocenters. The van der Waals surface area contributed by atoms with Gasteiger partial charge in [0.15, 0.2) is 10.8 Å². The number of thiazole rings is 1. The first kappa shape index (κ1) is 16.0. The maximum atomic E-state index is 12.3. The Balaban J connectivity index is 1.64. The second kappa shape index (κ2) is 6.72. The minimum absolute atomic E-state index is 0.163. The minimum atomic E-state index is -0.355. The highest BCUT2D eigenvalue weighted by Gasteiger charge is 2.35. The van der Waals surface area contributed by atoms with Crippen LogP contribution in [0.2, 0.25) is 0 Å². The minimum Gasteiger partial charge on any atom is -0.392 e. The average molecular weight is 332 g/mol. The van der Waals surface area contributed by atoms with E-state index in [1.54, 1.807) is 24.7 Å². The van der Waals surface area contributed by atoms with Crippen molar-refractivity contribution < 1.29 is 9.90 Å². The van der Waals surface area contributed by atoms with E-state index in [1.807, 2.05) is 6.92 Å². The second-order valence-electron chi connectivity index (χ2n) is 6.20. The highest BCUT2D eigenvalue weighted by molar-refractivity contribution is 7.16. The van der Waals surface area contributed by atoms with Crippen molar-refractivity contribution in [1.29, 1.82) is 0 Å². The molecule has 0 aliphatic heterocycles. The Hall–Kier alpha value is -1.86. The van der Waals surface area contributed by atoms with Gasteiger partial charge in [0.25, 0.3) is 5.91 Å². The van der Waals surface area contributed by atoms with Crippen molar-refractivity contribution in [2.45, 2.75) is 38.7 Å². The Morgan fingerprint density at radius 2 is 2.17 bits per heavy atom. The molecule has 0 unspecified atom stereocenters. The number of aromatic nitrogens is 3. The lowest BCUT2D eigenvalue weighted by molar-refractivity contribution is 0.00193. The molecule has 0 spiro atoms. The zero-order chi connectivity index (χ0) is 16.3. The largest absolute Gasteiger partial charge is 0.392 e. The third kappa shape index (κ3) is 3.56. The Bertz CT molecular complexity index is 676. The molecule has 1 fully saturated rings. The van der Waals surface area contributed by atoms with Gasteiger partial charge in [0.2, 0.25) is 0 Å². The summed E-state index contributed by atoms with van der Waals surface area (Å²) >= 11 is 1.27. The molecule has 2 N–H and O–H groups in total. The number of rotatable bonds is 4. The van der Waals surface area contributed by atoms with Gasteiger partial charge in [-0.15, -0.1) is 11.3 Å². The van der Waals surface area contributed by atoms with Crippen molar-refractivity contribution >= 4 is 17.2 Å². The van der Waals surface area contributed by atoms with Crippen LogP contribution in [0.25, 0.3) is 10.8 Å². The van der Waals surface area contributed by atoms with Crippen LogP contribution in [0.1, 0.15) is 42.3 Å². The molecule has 1 amide bonds. The third-order valence-electron chi connectivity index (χ3n) is 4.42. The lowest BCUT2D eigenvalue weighted by Crippen LogP contribution is -2.45. The Morgan fingerprint density at radius 3 is 2.91 bits per heavy atom. The van der Waals surface area contributed by atoms with Crippen LogP contribution in [0.3, 0.4) is 0 Å². The number of carbonyl (C=O) groups excluding carboxylic acids is 1. The number of nitrogens with one attached hydrogen (secondary N) is 1. The van der Waals surface area contributed by atoms with Crippen molar-refractivity contribution in [2.24, 2.45) is 5.41 Å². The summed E-state index contributed by atoms with van der Waals surface area (Å²) in [5, 5.41) is 13.7. The first-order valence-electron chi connectivity index (χ1n) is 7.78. The van der Waals surface area contributed by atoms with Crippen LogP contribution in [-0.4, -0.2) is 38.6 Å². The first-order valence-corrected chi connectivity index (χ1v) is 8.60. The van der Waals surface area contributed by atoms with E-state index in [9.17, 15) is 9.90 Å². The van der Waals surface area contributed by atoms with Crippen LogP contribution in [-0.2, 0) is 0 Å². The fourth-order valence-electron chi connectivity index (χ4n) is 2.85. The molecule has 7 heteroatoms. The van der Waals surface area contributed by atoms with Gasteiger partial charge in [-0.2, -0.15) is 0 Å². The topological polar surface area (TPSA) is 88.0 Å². The summed E-state index contributed by atoms with van der Waals surface area (Å²) in [4.78, 5) is 25.3. The number of hydrogen-bond donors (Lipinski definition) is 2. The van der Waals surface area contributed by atoms with Crippen molar-refractivity contribution in [1.82, 2.24) is 20.3 Å². The van der Waals surface area contributed by atoms with Crippen LogP contribution < -0.4 is 5.32 Å². The van der Waals surface area contributed by atoms with E-state index in [4.69, 9.17) is 0 Å². The average Bonchev–Trinajstić information content (AvgIpc) is 3.07. The molecule has 0 radical (unpaired) electrons. The zero-order valence-corrected chi connectivity index (χ0v) is 13.8. The van der Waals surface area contributed by atoms with Gasteiger partial charge in [-0.1, -0.05) is 19.8 Å². The van der Waals surface area contributed by atoms with Crippen LogP contribution in [0, 0.1) is 5.41 Å². The predicted molar refractivity (Wildman–Crippen MR) is 88.1 cm³/mol. The standard InChI is InChI=1S/C16H20N4O2S/c1-16(6-3-2-5-12(16)21)10-20-14(22)11-9-19-15(23-11)13-17-7-4-8-18-13/h4,7-9,12,21H,2-3,5-6,10H2,1H3,(H,20,22)/t12-,16+/m1/s1. The van der Waals surface area contributed by atoms with Gasteiger partial charge in [-0.3, -0.25) is 4.79 Å². The summed E-state index contributed by atoms with van der Waals surface area (Å²) in [6.07, 6.45) is 8.38. The second-order valence-corrected chi connectivity index (χ2v) is 7.23. The van der Waals surface area contributed by atoms with Gasteiger partial charge in [-0.05, 0) is 18.9 Å². The summed E-state index contributed by atoms with van der Waals surface area (Å²) < 4.78 is 0. The molecule has 0 aromatic carbocycles. The molecule has 3 rings (SSSR count). The first-order chi connectivity index (χ1) is 11.1. The van der Waals surface area contributed by atoms with Crippen LogP contribution in [0.5, 0.6) is 0 Å². The number of aliphatic hydroxyl groups excluding tert-OH is 1. The zero-order valence-electron chi connectivity index (χ0n) is 13.0. The molecule has 0 bridgehead atoms. The molecular formula is C16H20N4O2S. The van der Waals surface area contributed by atoms with E-state index in [2.05, 4.69) is 20.3 Å². The summed E-state index contributed by atoms with van der Waals surface area (Å²) in [6, 6.07) is 1.74. The Labute approximate surface area is 139 Å². The molecule has 1 saturated carbocycles. The molecule has 2 heterocycles. The van der Waals surface area contributed by atoms with Crippen molar-refractivity contribution in [3.05, 3.63) is 29.5 Å². The van der Waals surface area contributed by atoms with Gasteiger partial charge in [0.1, 0.15) is 4.88 Å². The third-order valence-corrected chi connectivity index (χ3v) is 5.41.